The van der Waals surface area contributed by atoms with Crippen LogP contribution in [0.2, 0.25) is 0 Å². The molecule has 0 aliphatic heterocycles. The summed E-state index contributed by atoms with van der Waals surface area (Å²) >= 11 is 0. The molecule has 172 valence electrons. The highest BCUT2D eigenvalue weighted by Gasteiger charge is 2.38. The Labute approximate surface area is 194 Å². The summed E-state index contributed by atoms with van der Waals surface area (Å²) in [6, 6.07) is 24.9. The summed E-state index contributed by atoms with van der Waals surface area (Å²) in [7, 11) is 0. The van der Waals surface area contributed by atoms with Crippen LogP contribution >= 0.6 is 0 Å². The Morgan fingerprint density at radius 1 is 0.853 bits per heavy atom. The molecule has 0 fully saturated rings. The first-order valence-corrected chi connectivity index (χ1v) is 10.6. The lowest BCUT2D eigenvalue weighted by molar-refractivity contribution is -0.138. The SMILES string of the molecule is O=C(NC(Cc1ccccc1)c1c(C(F)(F)F)cc(-c2ccccc2)[nH]c1=O)c1ccccc1. The van der Waals surface area contributed by atoms with Crippen molar-refractivity contribution in [2.75, 3.05) is 0 Å². The molecule has 0 saturated carbocycles. The Morgan fingerprint density at radius 3 is 2.00 bits per heavy atom. The van der Waals surface area contributed by atoms with E-state index < -0.39 is 34.8 Å². The highest BCUT2D eigenvalue weighted by molar-refractivity contribution is 5.94. The molecular weight excluding hydrogens is 441 g/mol. The fraction of sp³-hybridized carbons (Fsp3) is 0.111. The number of aromatic amines is 1. The second-order valence-corrected chi connectivity index (χ2v) is 7.79. The van der Waals surface area contributed by atoms with E-state index in [0.29, 0.717) is 11.1 Å². The predicted octanol–water partition coefficient (Wildman–Crippen LogP) is 5.77. The molecule has 4 rings (SSSR count). The largest absolute Gasteiger partial charge is 0.417 e. The van der Waals surface area contributed by atoms with Crippen molar-refractivity contribution in [3.05, 3.63) is 130 Å². The lowest BCUT2D eigenvalue weighted by atomic mass is 9.94. The topological polar surface area (TPSA) is 62.0 Å². The van der Waals surface area contributed by atoms with Crippen LogP contribution in [0.5, 0.6) is 0 Å². The van der Waals surface area contributed by atoms with E-state index in [4.69, 9.17) is 0 Å². The van der Waals surface area contributed by atoms with Crippen LogP contribution < -0.4 is 10.9 Å². The molecule has 0 aliphatic rings. The van der Waals surface area contributed by atoms with Crippen LogP contribution in [0, 0.1) is 0 Å². The third kappa shape index (κ3) is 5.26. The summed E-state index contributed by atoms with van der Waals surface area (Å²) in [6.07, 6.45) is -4.80. The van der Waals surface area contributed by atoms with Gasteiger partial charge < -0.3 is 10.3 Å². The molecule has 1 heterocycles. The minimum Gasteiger partial charge on any atom is -0.345 e. The fourth-order valence-electron chi connectivity index (χ4n) is 3.83. The van der Waals surface area contributed by atoms with Crippen molar-refractivity contribution in [3.63, 3.8) is 0 Å². The maximum Gasteiger partial charge on any atom is 0.417 e. The van der Waals surface area contributed by atoms with Crippen molar-refractivity contribution < 1.29 is 18.0 Å². The number of H-pyrrole nitrogens is 1. The van der Waals surface area contributed by atoms with E-state index in [9.17, 15) is 22.8 Å². The first kappa shape index (κ1) is 23.0. The highest BCUT2D eigenvalue weighted by atomic mass is 19.4. The third-order valence-corrected chi connectivity index (χ3v) is 5.43. The summed E-state index contributed by atoms with van der Waals surface area (Å²) in [5.74, 6) is -0.568. The van der Waals surface area contributed by atoms with E-state index in [1.165, 1.54) is 0 Å². The number of halogens is 3. The molecule has 1 amide bonds. The molecule has 3 aromatic carbocycles. The highest BCUT2D eigenvalue weighted by Crippen LogP contribution is 2.36. The van der Waals surface area contributed by atoms with Crippen LogP contribution in [0.4, 0.5) is 13.2 Å². The number of carbonyl (C=O) groups is 1. The number of hydrogen-bond donors (Lipinski definition) is 2. The molecular formula is C27H21F3N2O2. The van der Waals surface area contributed by atoms with Gasteiger partial charge in [-0.2, -0.15) is 13.2 Å². The van der Waals surface area contributed by atoms with Crippen molar-refractivity contribution in [2.24, 2.45) is 0 Å². The summed E-state index contributed by atoms with van der Waals surface area (Å²) in [5, 5.41) is 2.65. The number of carbonyl (C=O) groups excluding carboxylic acids is 1. The van der Waals surface area contributed by atoms with Gasteiger partial charge in [-0.15, -0.1) is 0 Å². The minimum atomic E-state index is -4.81. The number of rotatable bonds is 6. The van der Waals surface area contributed by atoms with Crippen LogP contribution in [0.3, 0.4) is 0 Å². The van der Waals surface area contributed by atoms with E-state index in [1.54, 1.807) is 91.0 Å². The Bertz CT molecular complexity index is 1320. The molecule has 1 atom stereocenters. The lowest BCUT2D eigenvalue weighted by Gasteiger charge is -2.23. The molecule has 0 radical (unpaired) electrons. The number of aromatic nitrogens is 1. The van der Waals surface area contributed by atoms with E-state index in [1.807, 2.05) is 0 Å². The molecule has 7 heteroatoms. The number of pyridine rings is 1. The van der Waals surface area contributed by atoms with Crippen LogP contribution in [-0.4, -0.2) is 10.9 Å². The summed E-state index contributed by atoms with van der Waals surface area (Å²) in [5.41, 5.74) is -1.04. The van der Waals surface area contributed by atoms with Crippen molar-refractivity contribution in [2.45, 2.75) is 18.6 Å². The van der Waals surface area contributed by atoms with E-state index in [-0.39, 0.29) is 17.7 Å². The maximum absolute atomic E-state index is 14.2. The summed E-state index contributed by atoms with van der Waals surface area (Å²) < 4.78 is 42.7. The number of amides is 1. The second-order valence-electron chi connectivity index (χ2n) is 7.79. The monoisotopic (exact) mass is 462 g/mol. The number of nitrogens with one attached hydrogen (secondary N) is 2. The average Bonchev–Trinajstić information content (AvgIpc) is 2.84. The summed E-state index contributed by atoms with van der Waals surface area (Å²) in [6.45, 7) is 0. The Balaban J connectivity index is 1.84. The van der Waals surface area contributed by atoms with Crippen LogP contribution in [0.15, 0.2) is 102 Å². The molecule has 4 aromatic rings. The molecule has 0 spiro atoms. The molecule has 1 aromatic heterocycles. The van der Waals surface area contributed by atoms with Gasteiger partial charge in [-0.25, -0.2) is 0 Å². The van der Waals surface area contributed by atoms with Gasteiger partial charge in [-0.1, -0.05) is 78.9 Å². The molecule has 4 nitrogen and oxygen atoms in total. The Morgan fingerprint density at radius 2 is 1.41 bits per heavy atom. The molecule has 0 bridgehead atoms. The van der Waals surface area contributed by atoms with E-state index in [0.717, 1.165) is 6.07 Å². The van der Waals surface area contributed by atoms with Crippen LogP contribution in [-0.2, 0) is 12.6 Å². The quantitative estimate of drug-likeness (QED) is 0.382. The lowest BCUT2D eigenvalue weighted by Crippen LogP contribution is -2.36. The normalized spacial score (nSPS) is 12.2. The Hall–Kier alpha value is -4.13. The number of hydrogen-bond acceptors (Lipinski definition) is 2. The van der Waals surface area contributed by atoms with Gasteiger partial charge in [0.1, 0.15) is 0 Å². The van der Waals surface area contributed by atoms with Gasteiger partial charge in [0.15, 0.2) is 0 Å². The zero-order valence-electron chi connectivity index (χ0n) is 18.0. The second kappa shape index (κ2) is 9.79. The third-order valence-electron chi connectivity index (χ3n) is 5.43. The van der Waals surface area contributed by atoms with Gasteiger partial charge >= 0.3 is 6.18 Å². The smallest absolute Gasteiger partial charge is 0.345 e. The van der Waals surface area contributed by atoms with Crippen LogP contribution in [0.25, 0.3) is 11.3 Å². The molecule has 1 unspecified atom stereocenters. The van der Waals surface area contributed by atoms with Gasteiger partial charge in [0.2, 0.25) is 0 Å². The number of benzene rings is 3. The molecule has 2 N–H and O–H groups in total. The van der Waals surface area contributed by atoms with E-state index >= 15 is 0 Å². The van der Waals surface area contributed by atoms with Gasteiger partial charge in [-0.3, -0.25) is 9.59 Å². The van der Waals surface area contributed by atoms with Crippen molar-refractivity contribution >= 4 is 5.91 Å². The average molecular weight is 462 g/mol. The van der Waals surface area contributed by atoms with Gasteiger partial charge in [-0.05, 0) is 35.7 Å². The van der Waals surface area contributed by atoms with Crippen molar-refractivity contribution in [1.29, 1.82) is 0 Å². The van der Waals surface area contributed by atoms with E-state index in [2.05, 4.69) is 10.3 Å². The standard InChI is InChI=1S/C27H21F3N2O2/c28-27(29,30)21-17-22(19-12-6-2-7-13-19)31-26(34)24(21)23(16-18-10-4-1-5-11-18)32-25(33)20-14-8-3-9-15-20/h1-15,17,23H,16H2,(H,31,34)(H,32,33). The van der Waals surface area contributed by atoms with Gasteiger partial charge in [0.05, 0.1) is 17.2 Å². The first-order chi connectivity index (χ1) is 16.3. The Kier molecular flexibility index (Phi) is 6.63. The van der Waals surface area contributed by atoms with Crippen LogP contribution in [0.1, 0.15) is 33.1 Å². The molecule has 0 saturated heterocycles. The van der Waals surface area contributed by atoms with Gasteiger partial charge in [0, 0.05) is 11.3 Å². The van der Waals surface area contributed by atoms with Crippen molar-refractivity contribution in [1.82, 2.24) is 10.3 Å². The predicted molar refractivity (Wildman–Crippen MR) is 124 cm³/mol. The zero-order chi connectivity index (χ0) is 24.1. The maximum atomic E-state index is 14.2. The summed E-state index contributed by atoms with van der Waals surface area (Å²) in [4.78, 5) is 28.6. The number of alkyl halides is 3. The molecule has 0 aliphatic carbocycles. The van der Waals surface area contributed by atoms with Gasteiger partial charge in [0.25, 0.3) is 11.5 Å². The minimum absolute atomic E-state index is 0.0102. The zero-order valence-corrected chi connectivity index (χ0v) is 18.0. The first-order valence-electron chi connectivity index (χ1n) is 10.6. The fourth-order valence-corrected chi connectivity index (χ4v) is 3.83. The molecule has 34 heavy (non-hydrogen) atoms. The van der Waals surface area contributed by atoms with Crippen molar-refractivity contribution in [3.8, 4) is 11.3 Å².